The summed E-state index contributed by atoms with van der Waals surface area (Å²) in [5.41, 5.74) is 1.70. The van der Waals surface area contributed by atoms with E-state index in [-0.39, 0.29) is 12.6 Å². The van der Waals surface area contributed by atoms with E-state index in [1.165, 1.54) is 0 Å². The highest BCUT2D eigenvalue weighted by Gasteiger charge is 2.29. The van der Waals surface area contributed by atoms with Gasteiger partial charge in [0.2, 0.25) is 6.29 Å². The van der Waals surface area contributed by atoms with Crippen LogP contribution < -0.4 is 0 Å². The van der Waals surface area contributed by atoms with Crippen molar-refractivity contribution in [1.82, 2.24) is 4.98 Å². The second-order valence-corrected chi connectivity index (χ2v) is 3.24. The number of ether oxygens (including phenoxy) is 2. The smallest absolute Gasteiger partial charge is 0.204 e. The molecule has 1 fully saturated rings. The van der Waals surface area contributed by atoms with E-state index >= 15 is 0 Å². The zero-order chi connectivity index (χ0) is 9.42. The SMILES string of the molecule is CC1OC(c2cc(C(C)O)c[nH]2)O1. The number of aromatic nitrogens is 1. The standard InChI is InChI=1S/C9H13NO3/c1-5(11)7-3-8(10-4-7)9-12-6(2)13-9/h3-6,9-11H,1-2H3. The predicted octanol–water partition coefficient (Wildman–Crippen LogP) is 1.46. The Kier molecular flexibility index (Phi) is 2.11. The van der Waals surface area contributed by atoms with Crippen molar-refractivity contribution >= 4 is 0 Å². The van der Waals surface area contributed by atoms with Gasteiger partial charge in [-0.3, -0.25) is 0 Å². The lowest BCUT2D eigenvalue weighted by atomic mass is 10.2. The van der Waals surface area contributed by atoms with Crippen LogP contribution in [-0.4, -0.2) is 16.4 Å². The molecule has 0 amide bonds. The molecule has 1 aromatic rings. The van der Waals surface area contributed by atoms with Crippen LogP contribution in [0.25, 0.3) is 0 Å². The molecule has 2 heterocycles. The summed E-state index contributed by atoms with van der Waals surface area (Å²) in [4.78, 5) is 3.00. The molecule has 0 saturated carbocycles. The summed E-state index contributed by atoms with van der Waals surface area (Å²) >= 11 is 0. The first-order chi connectivity index (χ1) is 6.16. The molecule has 72 valence electrons. The number of hydrogen-bond donors (Lipinski definition) is 2. The first-order valence-corrected chi connectivity index (χ1v) is 4.34. The van der Waals surface area contributed by atoms with Crippen molar-refractivity contribution in [1.29, 1.82) is 0 Å². The highest BCUT2D eigenvalue weighted by Crippen LogP contribution is 2.31. The Morgan fingerprint density at radius 1 is 1.54 bits per heavy atom. The molecule has 0 aromatic carbocycles. The maximum absolute atomic E-state index is 9.26. The molecule has 0 aliphatic carbocycles. The Morgan fingerprint density at radius 3 is 2.69 bits per heavy atom. The van der Waals surface area contributed by atoms with Crippen LogP contribution >= 0.6 is 0 Å². The molecule has 4 nitrogen and oxygen atoms in total. The quantitative estimate of drug-likeness (QED) is 0.729. The molecule has 0 radical (unpaired) electrons. The van der Waals surface area contributed by atoms with Gasteiger partial charge in [0.05, 0.1) is 11.8 Å². The number of nitrogens with one attached hydrogen (secondary N) is 1. The van der Waals surface area contributed by atoms with Gasteiger partial charge < -0.3 is 19.6 Å². The zero-order valence-corrected chi connectivity index (χ0v) is 7.65. The molecule has 13 heavy (non-hydrogen) atoms. The summed E-state index contributed by atoms with van der Waals surface area (Å²) in [6, 6.07) is 1.85. The number of hydrogen-bond acceptors (Lipinski definition) is 3. The maximum atomic E-state index is 9.26. The molecule has 1 aromatic heterocycles. The van der Waals surface area contributed by atoms with Crippen molar-refractivity contribution in [3.05, 3.63) is 23.5 Å². The van der Waals surface area contributed by atoms with E-state index in [9.17, 15) is 5.11 Å². The maximum Gasteiger partial charge on any atom is 0.204 e. The molecule has 1 aliphatic rings. The van der Waals surface area contributed by atoms with E-state index in [0.717, 1.165) is 11.3 Å². The van der Waals surface area contributed by atoms with Gasteiger partial charge >= 0.3 is 0 Å². The fourth-order valence-corrected chi connectivity index (χ4v) is 1.31. The topological polar surface area (TPSA) is 54.5 Å². The number of H-pyrrole nitrogens is 1. The largest absolute Gasteiger partial charge is 0.389 e. The van der Waals surface area contributed by atoms with Gasteiger partial charge in [0, 0.05) is 6.20 Å². The Hall–Kier alpha value is -0.840. The molecular weight excluding hydrogens is 170 g/mol. The third-order valence-electron chi connectivity index (χ3n) is 2.09. The fraction of sp³-hybridized carbons (Fsp3) is 0.556. The molecule has 4 heteroatoms. The van der Waals surface area contributed by atoms with Gasteiger partial charge in [-0.05, 0) is 25.5 Å². The van der Waals surface area contributed by atoms with E-state index < -0.39 is 6.10 Å². The lowest BCUT2D eigenvalue weighted by Gasteiger charge is -2.32. The van der Waals surface area contributed by atoms with Crippen molar-refractivity contribution in [3.63, 3.8) is 0 Å². The zero-order valence-electron chi connectivity index (χ0n) is 7.65. The van der Waals surface area contributed by atoms with Gasteiger partial charge in [0.1, 0.15) is 0 Å². The van der Waals surface area contributed by atoms with Gasteiger partial charge in [-0.15, -0.1) is 0 Å². The Labute approximate surface area is 76.5 Å². The van der Waals surface area contributed by atoms with Crippen LogP contribution in [0, 0.1) is 0 Å². The lowest BCUT2D eigenvalue weighted by Crippen LogP contribution is -2.31. The number of aliphatic hydroxyl groups excluding tert-OH is 1. The molecule has 0 spiro atoms. The van der Waals surface area contributed by atoms with E-state index in [0.29, 0.717) is 0 Å². The van der Waals surface area contributed by atoms with E-state index in [4.69, 9.17) is 9.47 Å². The van der Waals surface area contributed by atoms with Crippen molar-refractivity contribution in [2.45, 2.75) is 32.5 Å². The van der Waals surface area contributed by atoms with Gasteiger partial charge in [-0.2, -0.15) is 0 Å². The average molecular weight is 183 g/mol. The second-order valence-electron chi connectivity index (χ2n) is 3.24. The third-order valence-corrected chi connectivity index (χ3v) is 2.09. The Morgan fingerprint density at radius 2 is 2.23 bits per heavy atom. The fourth-order valence-electron chi connectivity index (χ4n) is 1.31. The number of aromatic amines is 1. The molecule has 1 aliphatic heterocycles. The van der Waals surface area contributed by atoms with Gasteiger partial charge in [-0.1, -0.05) is 0 Å². The van der Waals surface area contributed by atoms with Crippen molar-refractivity contribution in [2.24, 2.45) is 0 Å². The molecule has 0 bridgehead atoms. The van der Waals surface area contributed by atoms with Crippen molar-refractivity contribution in [3.8, 4) is 0 Å². The molecular formula is C9H13NO3. The lowest BCUT2D eigenvalue weighted by molar-refractivity contribution is -0.383. The van der Waals surface area contributed by atoms with Gasteiger partial charge in [-0.25, -0.2) is 0 Å². The van der Waals surface area contributed by atoms with Crippen LogP contribution in [0.2, 0.25) is 0 Å². The summed E-state index contributed by atoms with van der Waals surface area (Å²) in [5.74, 6) is 0. The van der Waals surface area contributed by atoms with Crippen LogP contribution in [0.4, 0.5) is 0 Å². The molecule has 1 saturated heterocycles. The molecule has 1 atom stereocenters. The minimum Gasteiger partial charge on any atom is -0.389 e. The number of aliphatic hydroxyl groups is 1. The minimum absolute atomic E-state index is 0.122. The molecule has 2 rings (SSSR count). The van der Waals surface area contributed by atoms with E-state index in [1.54, 1.807) is 13.1 Å². The molecule has 1 unspecified atom stereocenters. The van der Waals surface area contributed by atoms with Crippen LogP contribution in [0.5, 0.6) is 0 Å². The van der Waals surface area contributed by atoms with Crippen molar-refractivity contribution < 1.29 is 14.6 Å². The monoisotopic (exact) mass is 183 g/mol. The van der Waals surface area contributed by atoms with E-state index in [2.05, 4.69) is 4.98 Å². The number of rotatable bonds is 2. The average Bonchev–Trinajstić information content (AvgIpc) is 2.46. The first kappa shape index (κ1) is 8.74. The Balaban J connectivity index is 2.06. The highest BCUT2D eigenvalue weighted by atomic mass is 16.9. The summed E-state index contributed by atoms with van der Waals surface area (Å²) in [7, 11) is 0. The summed E-state index contributed by atoms with van der Waals surface area (Å²) in [6.45, 7) is 3.56. The molecule has 2 N–H and O–H groups in total. The van der Waals surface area contributed by atoms with Gasteiger partial charge in [0.25, 0.3) is 0 Å². The van der Waals surface area contributed by atoms with Crippen LogP contribution in [-0.2, 0) is 9.47 Å². The summed E-state index contributed by atoms with van der Waals surface area (Å²) < 4.78 is 10.6. The predicted molar refractivity (Wildman–Crippen MR) is 45.8 cm³/mol. The highest BCUT2D eigenvalue weighted by molar-refractivity contribution is 5.19. The Bertz CT molecular complexity index is 289. The van der Waals surface area contributed by atoms with Crippen molar-refractivity contribution in [2.75, 3.05) is 0 Å². The van der Waals surface area contributed by atoms with Crippen LogP contribution in [0.3, 0.4) is 0 Å². The second kappa shape index (κ2) is 3.14. The minimum atomic E-state index is -0.456. The van der Waals surface area contributed by atoms with Gasteiger partial charge in [0.15, 0.2) is 6.29 Å². The first-order valence-electron chi connectivity index (χ1n) is 4.34. The van der Waals surface area contributed by atoms with Crippen LogP contribution in [0.15, 0.2) is 12.3 Å². The summed E-state index contributed by atoms with van der Waals surface area (Å²) in [5, 5.41) is 9.26. The van der Waals surface area contributed by atoms with Crippen LogP contribution in [0.1, 0.15) is 37.5 Å². The summed E-state index contributed by atoms with van der Waals surface area (Å²) in [6.07, 6.45) is 0.892. The van der Waals surface area contributed by atoms with E-state index in [1.807, 2.05) is 13.0 Å². The normalized spacial score (nSPS) is 29.8. The third kappa shape index (κ3) is 1.60.